The van der Waals surface area contributed by atoms with Crippen LogP contribution in [0.1, 0.15) is 18.6 Å². The van der Waals surface area contributed by atoms with E-state index in [0.29, 0.717) is 11.3 Å². The first-order valence-electron chi connectivity index (χ1n) is 5.18. The lowest BCUT2D eigenvalue weighted by Gasteiger charge is -2.25. The average molecular weight is 358 g/mol. The minimum atomic E-state index is -3.66. The zero-order chi connectivity index (χ0) is 14.0. The van der Waals surface area contributed by atoms with Gasteiger partial charge in [-0.1, -0.05) is 30.7 Å². The zero-order valence-electron chi connectivity index (χ0n) is 9.93. The summed E-state index contributed by atoms with van der Waals surface area (Å²) in [6.45, 7) is 1.47. The van der Waals surface area contributed by atoms with Crippen LogP contribution in [-0.4, -0.2) is 29.5 Å². The number of rotatable bonds is 5. The summed E-state index contributed by atoms with van der Waals surface area (Å²) in [4.78, 5) is 0. The fraction of sp³-hybridized carbons (Fsp3) is 0.455. The molecule has 0 radical (unpaired) electrons. The number of ether oxygens (including phenoxy) is 1. The molecule has 0 heterocycles. The highest BCUT2D eigenvalue weighted by molar-refractivity contribution is 9.12. The van der Waals surface area contributed by atoms with Crippen molar-refractivity contribution in [1.29, 1.82) is 0 Å². The van der Waals surface area contributed by atoms with Gasteiger partial charge in [0.2, 0.25) is 3.12 Å². The van der Waals surface area contributed by atoms with Gasteiger partial charge in [-0.3, -0.25) is 0 Å². The summed E-state index contributed by atoms with van der Waals surface area (Å²) in [5.41, 5.74) is 0.389. The van der Waals surface area contributed by atoms with Gasteiger partial charge in [0.15, 0.2) is 9.84 Å². The average Bonchev–Trinajstić information content (AvgIpc) is 2.37. The second-order valence-electron chi connectivity index (χ2n) is 3.64. The van der Waals surface area contributed by atoms with E-state index in [1.807, 2.05) is 0 Å². The maximum absolute atomic E-state index is 11.8. The minimum Gasteiger partial charge on any atom is -0.497 e. The van der Waals surface area contributed by atoms with Gasteiger partial charge in [-0.2, -0.15) is 0 Å². The Bertz CT molecular complexity index is 498. The highest BCUT2D eigenvalue weighted by Crippen LogP contribution is 2.43. The quantitative estimate of drug-likeness (QED) is 0.822. The Morgan fingerprint density at radius 3 is 2.33 bits per heavy atom. The van der Waals surface area contributed by atoms with Crippen molar-refractivity contribution in [2.45, 2.75) is 16.1 Å². The monoisotopic (exact) mass is 356 g/mol. The van der Waals surface area contributed by atoms with Crippen LogP contribution in [0.2, 0.25) is 0 Å². The number of alkyl halides is 2. The molecule has 1 N–H and O–H groups in total. The fourth-order valence-corrected chi connectivity index (χ4v) is 3.61. The molecule has 4 nitrogen and oxygen atoms in total. The van der Waals surface area contributed by atoms with E-state index in [-0.39, 0.29) is 5.75 Å². The summed E-state index contributed by atoms with van der Waals surface area (Å²) in [5.74, 6) is 0.439. The van der Waals surface area contributed by atoms with Crippen molar-refractivity contribution >= 4 is 37.4 Å². The molecule has 0 spiro atoms. The Labute approximate surface area is 120 Å². The lowest BCUT2D eigenvalue weighted by atomic mass is 10.1. The molecule has 0 aliphatic heterocycles. The highest BCUT2D eigenvalue weighted by atomic mass is 79.9. The minimum absolute atomic E-state index is 0.172. The first-order chi connectivity index (χ1) is 8.26. The van der Waals surface area contributed by atoms with Crippen molar-refractivity contribution < 1.29 is 18.3 Å². The standard InChI is InChI=1S/C11H14BrClO4S/c1-3-18(15,16)11(12,13)10(14)8-4-6-9(17-2)7-5-8/h4-7,10,14H,3H2,1-2H3/t10-,11-/m1/s1. The Hall–Kier alpha value is -0.300. The third-order valence-electron chi connectivity index (χ3n) is 2.54. The largest absolute Gasteiger partial charge is 0.497 e. The first-order valence-corrected chi connectivity index (χ1v) is 8.00. The number of hydrogen-bond acceptors (Lipinski definition) is 4. The van der Waals surface area contributed by atoms with Crippen LogP contribution in [0.4, 0.5) is 0 Å². The molecule has 1 aromatic rings. The SMILES string of the molecule is CCS(=O)(=O)[C@@](Cl)(Br)[C@H](O)c1ccc(OC)cc1. The molecule has 102 valence electrons. The van der Waals surface area contributed by atoms with Crippen molar-refractivity contribution in [2.75, 3.05) is 12.9 Å². The predicted octanol–water partition coefficient (Wildman–Crippen LogP) is 2.45. The third-order valence-corrected chi connectivity index (χ3v) is 7.18. The van der Waals surface area contributed by atoms with Gasteiger partial charge in [0.05, 0.1) is 12.9 Å². The van der Waals surface area contributed by atoms with Crippen molar-refractivity contribution in [3.8, 4) is 5.75 Å². The Kier molecular flexibility index (Phi) is 5.05. The van der Waals surface area contributed by atoms with Crippen molar-refractivity contribution in [3.63, 3.8) is 0 Å². The molecule has 0 fully saturated rings. The Morgan fingerprint density at radius 2 is 1.94 bits per heavy atom. The van der Waals surface area contributed by atoms with Crippen LogP contribution < -0.4 is 4.74 Å². The molecule has 18 heavy (non-hydrogen) atoms. The van der Waals surface area contributed by atoms with Crippen LogP contribution in [0.15, 0.2) is 24.3 Å². The molecule has 2 atom stereocenters. The third kappa shape index (κ3) is 2.99. The van der Waals surface area contributed by atoms with Crippen LogP contribution in [0.25, 0.3) is 0 Å². The molecule has 0 unspecified atom stereocenters. The number of halogens is 2. The second kappa shape index (κ2) is 5.77. The van der Waals surface area contributed by atoms with E-state index in [1.165, 1.54) is 14.0 Å². The van der Waals surface area contributed by atoms with Gasteiger partial charge in [-0.15, -0.1) is 0 Å². The Morgan fingerprint density at radius 1 is 1.44 bits per heavy atom. The maximum Gasteiger partial charge on any atom is 0.229 e. The van der Waals surface area contributed by atoms with E-state index in [4.69, 9.17) is 16.3 Å². The summed E-state index contributed by atoms with van der Waals surface area (Å²) >= 11 is 8.83. The zero-order valence-corrected chi connectivity index (χ0v) is 13.1. The summed E-state index contributed by atoms with van der Waals surface area (Å²) in [7, 11) is -2.14. The summed E-state index contributed by atoms with van der Waals surface area (Å²) < 4.78 is 26.6. The molecule has 1 aromatic carbocycles. The van der Waals surface area contributed by atoms with Gasteiger partial charge >= 0.3 is 0 Å². The highest BCUT2D eigenvalue weighted by Gasteiger charge is 2.45. The van der Waals surface area contributed by atoms with Gasteiger partial charge in [0, 0.05) is 0 Å². The van der Waals surface area contributed by atoms with E-state index >= 15 is 0 Å². The van der Waals surface area contributed by atoms with Crippen molar-refractivity contribution in [1.82, 2.24) is 0 Å². The van der Waals surface area contributed by atoms with E-state index < -0.39 is 19.1 Å². The normalized spacial score (nSPS) is 16.9. The molecule has 1 rings (SSSR count). The van der Waals surface area contributed by atoms with Gasteiger partial charge in [0.25, 0.3) is 0 Å². The molecule has 7 heteroatoms. The molecule has 0 aromatic heterocycles. The molecule has 0 bridgehead atoms. The fourth-order valence-electron chi connectivity index (χ4n) is 1.34. The molecule has 0 saturated carbocycles. The smallest absolute Gasteiger partial charge is 0.229 e. The van der Waals surface area contributed by atoms with E-state index in [0.717, 1.165) is 0 Å². The van der Waals surface area contributed by atoms with Crippen molar-refractivity contribution in [3.05, 3.63) is 29.8 Å². The Balaban J connectivity index is 3.09. The van der Waals surface area contributed by atoms with Gasteiger partial charge in [-0.25, -0.2) is 8.42 Å². The predicted molar refractivity (Wildman–Crippen MR) is 74.9 cm³/mol. The summed E-state index contributed by atoms with van der Waals surface area (Å²) in [6, 6.07) is 6.37. The number of aliphatic hydroxyl groups excluding tert-OH is 1. The topological polar surface area (TPSA) is 63.6 Å². The number of methoxy groups -OCH3 is 1. The molecular formula is C11H14BrClO4S. The van der Waals surface area contributed by atoms with Crippen LogP contribution in [0, 0.1) is 0 Å². The van der Waals surface area contributed by atoms with E-state index in [2.05, 4.69) is 15.9 Å². The summed E-state index contributed by atoms with van der Waals surface area (Å²) in [6.07, 6.45) is -1.38. The first kappa shape index (κ1) is 15.8. The van der Waals surface area contributed by atoms with E-state index in [9.17, 15) is 13.5 Å². The van der Waals surface area contributed by atoms with Crippen LogP contribution in [0.5, 0.6) is 5.75 Å². The summed E-state index contributed by atoms with van der Waals surface area (Å²) in [5, 5.41) is 10.1. The number of aliphatic hydroxyl groups is 1. The van der Waals surface area contributed by atoms with Crippen LogP contribution in [-0.2, 0) is 9.84 Å². The molecule has 0 amide bonds. The number of sulfone groups is 1. The van der Waals surface area contributed by atoms with Gasteiger partial charge in [0.1, 0.15) is 11.9 Å². The van der Waals surface area contributed by atoms with Gasteiger partial charge < -0.3 is 9.84 Å². The second-order valence-corrected chi connectivity index (χ2v) is 9.14. The molecule has 0 aliphatic carbocycles. The molecule has 0 aliphatic rings. The molecular weight excluding hydrogens is 344 g/mol. The van der Waals surface area contributed by atoms with Crippen LogP contribution >= 0.6 is 27.5 Å². The maximum atomic E-state index is 11.8. The molecule has 0 saturated heterocycles. The number of benzene rings is 1. The number of hydrogen-bond donors (Lipinski definition) is 1. The van der Waals surface area contributed by atoms with E-state index in [1.54, 1.807) is 24.3 Å². The lowest BCUT2D eigenvalue weighted by molar-refractivity contribution is 0.185. The van der Waals surface area contributed by atoms with Gasteiger partial charge in [-0.05, 0) is 33.6 Å². The van der Waals surface area contributed by atoms with Crippen molar-refractivity contribution in [2.24, 2.45) is 0 Å². The lowest BCUT2D eigenvalue weighted by Crippen LogP contribution is -2.34. The van der Waals surface area contributed by atoms with Crippen LogP contribution in [0.3, 0.4) is 0 Å².